The minimum Gasteiger partial charge on any atom is -0.331 e. The Kier molecular flexibility index (Phi) is 4.45. The highest BCUT2D eigenvalue weighted by molar-refractivity contribution is 8.93. The fourth-order valence-electron chi connectivity index (χ4n) is 2.27. The highest BCUT2D eigenvalue weighted by Crippen LogP contribution is 2.22. The topological polar surface area (TPSA) is 127 Å². The Morgan fingerprint density at radius 1 is 1.26 bits per heavy atom. The second-order valence-corrected chi connectivity index (χ2v) is 4.80. The first-order chi connectivity index (χ1) is 10.5. The van der Waals surface area contributed by atoms with Crippen molar-refractivity contribution in [3.8, 4) is 0 Å². The van der Waals surface area contributed by atoms with Gasteiger partial charge in [-0.15, -0.1) is 17.0 Å². The van der Waals surface area contributed by atoms with E-state index in [-0.39, 0.29) is 34.7 Å². The van der Waals surface area contributed by atoms with Crippen molar-refractivity contribution in [2.75, 3.05) is 0 Å². The van der Waals surface area contributed by atoms with E-state index in [9.17, 15) is 19.7 Å². The van der Waals surface area contributed by atoms with Crippen molar-refractivity contribution in [3.63, 3.8) is 0 Å². The van der Waals surface area contributed by atoms with Crippen LogP contribution in [-0.2, 0) is 6.54 Å². The molecule has 0 unspecified atom stereocenters. The smallest absolute Gasteiger partial charge is 0.314 e. The number of benzene rings is 1. The first-order valence-electron chi connectivity index (χ1n) is 6.37. The summed E-state index contributed by atoms with van der Waals surface area (Å²) in [5.41, 5.74) is -0.723. The van der Waals surface area contributed by atoms with Gasteiger partial charge in [0, 0.05) is 30.1 Å². The predicted molar refractivity (Wildman–Crippen MR) is 88.2 cm³/mol. The van der Waals surface area contributed by atoms with Crippen molar-refractivity contribution in [1.82, 2.24) is 19.5 Å². The highest BCUT2D eigenvalue weighted by Gasteiger charge is 2.14. The van der Waals surface area contributed by atoms with E-state index < -0.39 is 16.0 Å². The number of fused-ring (bicyclic) bond motifs is 1. The SMILES string of the molecule is Br.Cc1nccn1Cc1cc([N+](=O)[O-])cc2[nH]c(=O)c(=O)[nH]c12. The summed E-state index contributed by atoms with van der Waals surface area (Å²) in [5.74, 6) is 0.728. The van der Waals surface area contributed by atoms with Crippen molar-refractivity contribution in [2.45, 2.75) is 13.5 Å². The molecule has 120 valence electrons. The average molecular weight is 382 g/mol. The van der Waals surface area contributed by atoms with Crippen LogP contribution in [0.5, 0.6) is 0 Å². The third-order valence-electron chi connectivity index (χ3n) is 3.37. The lowest BCUT2D eigenvalue weighted by atomic mass is 10.1. The number of aryl methyl sites for hydroxylation is 1. The molecule has 0 saturated carbocycles. The highest BCUT2D eigenvalue weighted by atomic mass is 79.9. The number of rotatable bonds is 3. The molecule has 0 aliphatic carbocycles. The van der Waals surface area contributed by atoms with Crippen LogP contribution in [0.3, 0.4) is 0 Å². The van der Waals surface area contributed by atoms with Crippen molar-refractivity contribution in [3.05, 3.63) is 66.7 Å². The second-order valence-electron chi connectivity index (χ2n) is 4.80. The molecule has 0 aliphatic rings. The van der Waals surface area contributed by atoms with Crippen LogP contribution in [0.25, 0.3) is 11.0 Å². The Balaban J connectivity index is 0.00000192. The molecule has 0 amide bonds. The standard InChI is InChI=1S/C13H11N5O4.BrH/c1-7-14-2-3-17(7)6-8-4-9(18(21)22)5-10-11(8)16-13(20)12(19)15-10;/h2-5H,6H2,1H3,(H,15,19)(H,16,20);1H. The molecule has 0 fully saturated rings. The van der Waals surface area contributed by atoms with Crippen LogP contribution in [0.15, 0.2) is 34.1 Å². The van der Waals surface area contributed by atoms with Gasteiger partial charge in [0.1, 0.15) is 5.82 Å². The zero-order chi connectivity index (χ0) is 15.9. The third kappa shape index (κ3) is 3.06. The summed E-state index contributed by atoms with van der Waals surface area (Å²) in [6, 6.07) is 2.59. The Hall–Kier alpha value is -2.75. The first-order valence-corrected chi connectivity index (χ1v) is 6.37. The minimum absolute atomic E-state index is 0. The molecule has 3 rings (SSSR count). The number of hydrogen-bond acceptors (Lipinski definition) is 5. The van der Waals surface area contributed by atoms with Crippen molar-refractivity contribution in [2.24, 2.45) is 0 Å². The summed E-state index contributed by atoms with van der Waals surface area (Å²) >= 11 is 0. The van der Waals surface area contributed by atoms with E-state index in [0.717, 1.165) is 5.82 Å². The zero-order valence-electron chi connectivity index (χ0n) is 11.9. The van der Waals surface area contributed by atoms with Gasteiger partial charge in [0.25, 0.3) is 5.69 Å². The van der Waals surface area contributed by atoms with Gasteiger partial charge in [-0.25, -0.2) is 4.98 Å². The Labute approximate surface area is 138 Å². The zero-order valence-corrected chi connectivity index (χ0v) is 13.6. The molecule has 3 aromatic rings. The predicted octanol–water partition coefficient (Wildman–Crippen LogP) is 1.26. The maximum absolute atomic E-state index is 11.5. The fraction of sp³-hybridized carbons (Fsp3) is 0.154. The Morgan fingerprint density at radius 3 is 2.57 bits per heavy atom. The molecule has 2 heterocycles. The van der Waals surface area contributed by atoms with Crippen LogP contribution < -0.4 is 11.1 Å². The summed E-state index contributed by atoms with van der Waals surface area (Å²) in [6.45, 7) is 2.08. The largest absolute Gasteiger partial charge is 0.331 e. The molecule has 1 aromatic carbocycles. The van der Waals surface area contributed by atoms with Gasteiger partial charge in [-0.2, -0.15) is 0 Å². The van der Waals surface area contributed by atoms with E-state index in [1.807, 2.05) is 0 Å². The number of H-pyrrole nitrogens is 2. The number of non-ortho nitro benzene ring substituents is 1. The van der Waals surface area contributed by atoms with Crippen LogP contribution in [0.1, 0.15) is 11.4 Å². The third-order valence-corrected chi connectivity index (χ3v) is 3.37. The molecule has 10 heteroatoms. The summed E-state index contributed by atoms with van der Waals surface area (Å²) in [4.78, 5) is 42.3. The van der Waals surface area contributed by atoms with Gasteiger partial charge in [-0.1, -0.05) is 0 Å². The molecule has 0 aliphatic heterocycles. The Bertz CT molecular complexity index is 1000. The van der Waals surface area contributed by atoms with E-state index in [1.54, 1.807) is 23.9 Å². The molecule has 9 nitrogen and oxygen atoms in total. The van der Waals surface area contributed by atoms with Gasteiger partial charge in [0.15, 0.2) is 0 Å². The molecule has 2 N–H and O–H groups in total. The number of nitrogens with zero attached hydrogens (tertiary/aromatic N) is 3. The molecule has 0 saturated heterocycles. The van der Waals surface area contributed by atoms with Crippen molar-refractivity contribution >= 4 is 33.7 Å². The summed E-state index contributed by atoms with van der Waals surface area (Å²) in [6.07, 6.45) is 3.34. The lowest BCUT2D eigenvalue weighted by molar-refractivity contribution is -0.384. The van der Waals surface area contributed by atoms with Crippen molar-refractivity contribution in [1.29, 1.82) is 0 Å². The van der Waals surface area contributed by atoms with Crippen LogP contribution in [0.4, 0.5) is 5.69 Å². The van der Waals surface area contributed by atoms with Gasteiger partial charge in [0.05, 0.1) is 22.5 Å². The van der Waals surface area contributed by atoms with E-state index >= 15 is 0 Å². The number of aromatic nitrogens is 4. The number of nitrogens with one attached hydrogen (secondary N) is 2. The number of imidazole rings is 1. The summed E-state index contributed by atoms with van der Waals surface area (Å²) < 4.78 is 1.78. The summed E-state index contributed by atoms with van der Waals surface area (Å²) in [7, 11) is 0. The molecule has 2 aromatic heterocycles. The van der Waals surface area contributed by atoms with Gasteiger partial charge < -0.3 is 14.5 Å². The van der Waals surface area contributed by atoms with Crippen LogP contribution >= 0.6 is 17.0 Å². The van der Waals surface area contributed by atoms with E-state index in [2.05, 4.69) is 15.0 Å². The number of hydrogen-bond donors (Lipinski definition) is 2. The second kappa shape index (κ2) is 6.16. The number of halogens is 1. The van der Waals surface area contributed by atoms with Crippen LogP contribution in [-0.4, -0.2) is 24.4 Å². The van der Waals surface area contributed by atoms with Gasteiger partial charge in [-0.05, 0) is 6.92 Å². The maximum atomic E-state index is 11.5. The molecular formula is C13H12BrN5O4. The maximum Gasteiger partial charge on any atom is 0.314 e. The van der Waals surface area contributed by atoms with Crippen molar-refractivity contribution < 1.29 is 4.92 Å². The normalized spacial score (nSPS) is 10.5. The number of nitro groups is 1. The summed E-state index contributed by atoms with van der Waals surface area (Å²) in [5, 5.41) is 11.0. The average Bonchev–Trinajstić information content (AvgIpc) is 2.86. The number of aromatic amines is 2. The van der Waals surface area contributed by atoms with E-state index in [4.69, 9.17) is 0 Å². The molecule has 0 atom stereocenters. The van der Waals surface area contributed by atoms with E-state index in [1.165, 1.54) is 12.1 Å². The quantitative estimate of drug-likeness (QED) is 0.401. The molecule has 23 heavy (non-hydrogen) atoms. The van der Waals surface area contributed by atoms with Crippen LogP contribution in [0.2, 0.25) is 0 Å². The van der Waals surface area contributed by atoms with Crippen LogP contribution in [0, 0.1) is 17.0 Å². The van der Waals surface area contributed by atoms with E-state index in [0.29, 0.717) is 11.1 Å². The van der Waals surface area contributed by atoms with Gasteiger partial charge in [-0.3, -0.25) is 19.7 Å². The monoisotopic (exact) mass is 381 g/mol. The lowest BCUT2D eigenvalue weighted by Gasteiger charge is -2.08. The van der Waals surface area contributed by atoms with Gasteiger partial charge in [0.2, 0.25) is 0 Å². The number of nitro benzene ring substituents is 1. The molecule has 0 radical (unpaired) electrons. The fourth-order valence-corrected chi connectivity index (χ4v) is 2.27. The lowest BCUT2D eigenvalue weighted by Crippen LogP contribution is -2.29. The minimum atomic E-state index is -0.849. The molecular weight excluding hydrogens is 370 g/mol. The Morgan fingerprint density at radius 2 is 1.96 bits per heavy atom. The van der Waals surface area contributed by atoms with Gasteiger partial charge >= 0.3 is 11.1 Å². The molecule has 0 bridgehead atoms. The first kappa shape index (κ1) is 16.6. The molecule has 0 spiro atoms.